The van der Waals surface area contributed by atoms with Gasteiger partial charge in [0, 0.05) is 12.1 Å². The number of fused-ring (bicyclic) bond motifs is 1. The minimum atomic E-state index is -2.01. The van der Waals surface area contributed by atoms with E-state index in [-0.39, 0.29) is 35.0 Å². The minimum Gasteiger partial charge on any atom is -0.508 e. The van der Waals surface area contributed by atoms with Gasteiger partial charge in [0.1, 0.15) is 82.2 Å². The first-order chi connectivity index (χ1) is 24.3. The fraction of sp³-hybridized carbons (Fsp3) is 0.222. The second-order valence-corrected chi connectivity index (χ2v) is 11.9. The van der Waals surface area contributed by atoms with Crippen molar-refractivity contribution in [3.8, 4) is 51.7 Å². The van der Waals surface area contributed by atoms with E-state index in [0.29, 0.717) is 11.1 Å². The third-order valence-electron chi connectivity index (χ3n) is 8.61. The highest BCUT2D eigenvalue weighted by molar-refractivity contribution is 6.11. The third kappa shape index (κ3) is 6.59. The number of aliphatic hydroxyl groups is 4. The molecule has 0 aliphatic carbocycles. The average molecular weight is 705 g/mol. The molecule has 0 spiro atoms. The van der Waals surface area contributed by atoms with Crippen LogP contribution in [0.25, 0.3) is 6.08 Å². The van der Waals surface area contributed by atoms with E-state index in [1.54, 1.807) is 0 Å². The van der Waals surface area contributed by atoms with Crippen molar-refractivity contribution in [3.05, 3.63) is 94.6 Å². The molecular weight excluding hydrogens is 672 g/mol. The Morgan fingerprint density at radius 3 is 2.18 bits per heavy atom. The highest BCUT2D eigenvalue weighted by Crippen LogP contribution is 2.54. The lowest BCUT2D eigenvalue weighted by Crippen LogP contribution is -2.55. The molecule has 0 radical (unpaired) electrons. The Labute approximate surface area is 288 Å². The van der Waals surface area contributed by atoms with Crippen molar-refractivity contribution in [2.24, 2.45) is 0 Å². The number of hydrogen-bond acceptors (Lipinski definition) is 15. The number of Topliss-reactive ketones (excluding diaryl/α,β-unsaturated/α-hetero) is 1. The summed E-state index contributed by atoms with van der Waals surface area (Å²) in [7, 11) is 0. The average Bonchev–Trinajstić information content (AvgIpc) is 3.09. The van der Waals surface area contributed by atoms with Crippen LogP contribution in [0.1, 0.15) is 56.0 Å². The Hall–Kier alpha value is -5.84. The van der Waals surface area contributed by atoms with Crippen molar-refractivity contribution in [1.82, 2.24) is 0 Å². The maximum atomic E-state index is 13.5. The zero-order valence-electron chi connectivity index (χ0n) is 26.3. The Kier molecular flexibility index (Phi) is 9.48. The number of phenolic OH excluding ortho intramolecular Hbond substituents is 6. The number of carbonyl (C=O) groups is 2. The van der Waals surface area contributed by atoms with E-state index in [1.807, 2.05) is 0 Å². The van der Waals surface area contributed by atoms with Gasteiger partial charge in [-0.15, -0.1) is 0 Å². The summed E-state index contributed by atoms with van der Waals surface area (Å²) in [6.45, 7) is -0.845. The van der Waals surface area contributed by atoms with E-state index in [4.69, 9.17) is 14.2 Å². The molecule has 0 saturated carbocycles. The van der Waals surface area contributed by atoms with Gasteiger partial charge in [0.05, 0.1) is 18.6 Å². The molecule has 4 aromatic carbocycles. The fourth-order valence-corrected chi connectivity index (χ4v) is 5.97. The third-order valence-corrected chi connectivity index (χ3v) is 8.61. The van der Waals surface area contributed by atoms with Crippen LogP contribution in [0.4, 0.5) is 0 Å². The Balaban J connectivity index is 1.37. The molecule has 2 aliphatic heterocycles. The maximum absolute atomic E-state index is 13.5. The first kappa shape index (κ1) is 35.0. The number of hydrogen-bond donors (Lipinski definition) is 10. The molecule has 15 nitrogen and oxygen atoms in total. The molecule has 0 aromatic heterocycles. The minimum absolute atomic E-state index is 0.0228. The lowest BCUT2D eigenvalue weighted by molar-refractivity contribution is -0.232. The van der Waals surface area contributed by atoms with Crippen LogP contribution in [0.5, 0.6) is 51.7 Å². The summed E-state index contributed by atoms with van der Waals surface area (Å²) in [6.07, 6.45) is -7.79. The largest absolute Gasteiger partial charge is 0.508 e. The number of aromatic hydroxyl groups is 6. The summed E-state index contributed by atoms with van der Waals surface area (Å²) in [5.74, 6) is -6.18. The smallest absolute Gasteiger partial charge is 0.212 e. The summed E-state index contributed by atoms with van der Waals surface area (Å²) in [4.78, 5) is 26.2. The summed E-state index contributed by atoms with van der Waals surface area (Å²) >= 11 is 0. The zero-order chi connectivity index (χ0) is 36.7. The fourth-order valence-electron chi connectivity index (χ4n) is 5.97. The molecular formula is C36H32O15. The van der Waals surface area contributed by atoms with Crippen LogP contribution >= 0.6 is 0 Å². The van der Waals surface area contributed by atoms with E-state index >= 15 is 0 Å². The van der Waals surface area contributed by atoms with Gasteiger partial charge in [-0.1, -0.05) is 30.3 Å². The topological polar surface area (TPSA) is 264 Å². The summed E-state index contributed by atoms with van der Waals surface area (Å²) in [5, 5.41) is 105. The van der Waals surface area contributed by atoms with Gasteiger partial charge in [0.2, 0.25) is 5.75 Å². The summed E-state index contributed by atoms with van der Waals surface area (Å²) in [6, 6.07) is 13.6. The standard InChI is InChI=1S/C36H32O15/c37-14-25-29(43)33(47)34(48)35(51-25)28-30(44)27(20(40)10-3-15-1-6-17(38)7-2-15)31(45)36(32(28)46)49-19-8-4-16(5-9-19)23-13-22(42)26-21(41)11-18(39)12-24(26)50-23/h1-12,23,25,29,33-35,37-39,41,43-48H,13-14H2/b10-3+/t23-,25-,29+,33+,34+,35+/m0/s1. The van der Waals surface area contributed by atoms with Crippen molar-refractivity contribution in [3.63, 3.8) is 0 Å². The van der Waals surface area contributed by atoms with Gasteiger partial charge in [-0.05, 0) is 41.5 Å². The number of benzene rings is 4. The number of allylic oxidation sites excluding steroid dienone is 1. The SMILES string of the molecule is O=C1C[C@@H](c2ccc(Oc3c(O)c(C(=O)/C=C/c4ccc(O)cc4)c(O)c([C@H]4O[C@@H](CO)[C@@H](O)[C@@H](O)[C@H]4O)c3O)cc2)Oc2cc(O)cc(O)c21. The normalized spacial score (nSPS) is 23.1. The molecule has 6 rings (SSSR count). The van der Waals surface area contributed by atoms with Crippen molar-refractivity contribution in [2.45, 2.75) is 43.0 Å². The molecule has 0 unspecified atom stereocenters. The number of carbonyl (C=O) groups excluding carboxylic acids is 2. The Morgan fingerprint density at radius 1 is 0.824 bits per heavy atom. The molecule has 51 heavy (non-hydrogen) atoms. The van der Waals surface area contributed by atoms with Crippen molar-refractivity contribution in [1.29, 1.82) is 0 Å². The molecule has 0 bridgehead atoms. The van der Waals surface area contributed by atoms with Crippen LogP contribution in [-0.4, -0.2) is 93.7 Å². The van der Waals surface area contributed by atoms with Crippen molar-refractivity contribution >= 4 is 17.6 Å². The van der Waals surface area contributed by atoms with Gasteiger partial charge in [-0.2, -0.15) is 0 Å². The van der Waals surface area contributed by atoms with Gasteiger partial charge in [0.15, 0.2) is 23.1 Å². The monoisotopic (exact) mass is 704 g/mol. The van der Waals surface area contributed by atoms with E-state index in [2.05, 4.69) is 0 Å². The lowest BCUT2D eigenvalue weighted by atomic mass is 9.88. The molecule has 2 aliphatic rings. The van der Waals surface area contributed by atoms with Gasteiger partial charge in [-0.3, -0.25) is 9.59 Å². The lowest BCUT2D eigenvalue weighted by Gasteiger charge is -2.40. The van der Waals surface area contributed by atoms with E-state index in [1.165, 1.54) is 60.7 Å². The molecule has 15 heteroatoms. The van der Waals surface area contributed by atoms with Crippen molar-refractivity contribution < 1.29 is 74.9 Å². The molecule has 0 amide bonds. The molecule has 266 valence electrons. The molecule has 10 N–H and O–H groups in total. The number of phenols is 6. The highest BCUT2D eigenvalue weighted by atomic mass is 16.5. The Morgan fingerprint density at radius 2 is 1.51 bits per heavy atom. The maximum Gasteiger partial charge on any atom is 0.212 e. The molecule has 6 atom stereocenters. The van der Waals surface area contributed by atoms with E-state index in [9.17, 15) is 60.7 Å². The molecule has 1 saturated heterocycles. The summed E-state index contributed by atoms with van der Waals surface area (Å²) in [5.41, 5.74) is -0.676. The van der Waals surface area contributed by atoms with Crippen LogP contribution in [0.15, 0.2) is 66.7 Å². The second-order valence-electron chi connectivity index (χ2n) is 11.9. The molecule has 2 heterocycles. The zero-order valence-corrected chi connectivity index (χ0v) is 26.3. The van der Waals surface area contributed by atoms with Crippen LogP contribution in [0.2, 0.25) is 0 Å². The van der Waals surface area contributed by atoms with E-state index < -0.39 is 94.7 Å². The van der Waals surface area contributed by atoms with E-state index in [0.717, 1.165) is 12.1 Å². The van der Waals surface area contributed by atoms with Crippen molar-refractivity contribution in [2.75, 3.05) is 6.61 Å². The second kappa shape index (κ2) is 13.8. The number of ether oxygens (including phenoxy) is 3. The Bertz CT molecular complexity index is 2000. The van der Waals surface area contributed by atoms with Gasteiger partial charge < -0.3 is 65.3 Å². The quantitative estimate of drug-likeness (QED) is 0.0934. The van der Waals surface area contributed by atoms with Crippen LogP contribution in [0, 0.1) is 0 Å². The predicted molar refractivity (Wildman–Crippen MR) is 174 cm³/mol. The highest BCUT2D eigenvalue weighted by Gasteiger charge is 2.47. The number of ketones is 2. The number of rotatable bonds is 8. The first-order valence-corrected chi connectivity index (χ1v) is 15.4. The first-order valence-electron chi connectivity index (χ1n) is 15.4. The van der Waals surface area contributed by atoms with Gasteiger partial charge in [-0.25, -0.2) is 0 Å². The number of aliphatic hydroxyl groups excluding tert-OH is 4. The van der Waals surface area contributed by atoms with Gasteiger partial charge in [0.25, 0.3) is 0 Å². The molecule has 4 aromatic rings. The van der Waals surface area contributed by atoms with Crippen LogP contribution in [-0.2, 0) is 4.74 Å². The van der Waals surface area contributed by atoms with Crippen LogP contribution < -0.4 is 9.47 Å². The molecule has 1 fully saturated rings. The summed E-state index contributed by atoms with van der Waals surface area (Å²) < 4.78 is 17.2. The van der Waals surface area contributed by atoms with Crippen LogP contribution in [0.3, 0.4) is 0 Å². The van der Waals surface area contributed by atoms with Gasteiger partial charge >= 0.3 is 0 Å². The predicted octanol–water partition coefficient (Wildman–Crippen LogP) is 2.83.